The molecule has 0 N–H and O–H groups in total. The van der Waals surface area contributed by atoms with Crippen molar-refractivity contribution in [2.45, 2.75) is 12.8 Å². The number of hydrogen-bond donors (Lipinski definition) is 0. The average molecular weight is 197 g/mol. The van der Waals surface area contributed by atoms with Crippen LogP contribution in [-0.4, -0.2) is 16.2 Å². The van der Waals surface area contributed by atoms with Crippen LogP contribution in [0, 0.1) is 0 Å². The summed E-state index contributed by atoms with van der Waals surface area (Å²) < 4.78 is 2.33. The molecule has 2 heteroatoms. The van der Waals surface area contributed by atoms with Crippen molar-refractivity contribution in [1.29, 1.82) is 0 Å². The largest absolute Gasteiger partial charge is 0.248 e. The van der Waals surface area contributed by atoms with Crippen molar-refractivity contribution in [1.82, 2.24) is 3.11 Å². The second kappa shape index (κ2) is 2.12. The van der Waals surface area contributed by atoms with Gasteiger partial charge in [-0.25, -0.2) is 3.11 Å². The van der Waals surface area contributed by atoms with Gasteiger partial charge in [0.1, 0.15) is 0 Å². The molecule has 36 valence electrons. The first-order valence-electron chi connectivity index (χ1n) is 2.30. The zero-order valence-corrected chi connectivity index (χ0v) is 5.81. The number of halogens is 1. The van der Waals surface area contributed by atoms with Crippen molar-refractivity contribution in [3.63, 3.8) is 0 Å². The summed E-state index contributed by atoms with van der Waals surface area (Å²) in [5, 5.41) is 0. The van der Waals surface area contributed by atoms with Gasteiger partial charge in [-0.3, -0.25) is 0 Å². The summed E-state index contributed by atoms with van der Waals surface area (Å²) >= 11 is 2.37. The van der Waals surface area contributed by atoms with Crippen LogP contribution in [0.15, 0.2) is 0 Å². The van der Waals surface area contributed by atoms with Crippen LogP contribution in [0.4, 0.5) is 0 Å². The lowest BCUT2D eigenvalue weighted by molar-refractivity contribution is 0.635. The van der Waals surface area contributed by atoms with Crippen LogP contribution in [0.1, 0.15) is 12.8 Å². The molecule has 1 aliphatic heterocycles. The molecule has 1 heterocycles. The standard InChI is InChI=1S/C4H8IN/c5-6-3-1-2-4-6/h1-4H2. The van der Waals surface area contributed by atoms with Gasteiger partial charge in [0.15, 0.2) is 0 Å². The van der Waals surface area contributed by atoms with Crippen molar-refractivity contribution in [2.24, 2.45) is 0 Å². The van der Waals surface area contributed by atoms with E-state index < -0.39 is 0 Å². The van der Waals surface area contributed by atoms with E-state index in [-0.39, 0.29) is 0 Å². The quantitative estimate of drug-likeness (QED) is 0.419. The Morgan fingerprint density at radius 2 is 1.67 bits per heavy atom. The second-order valence-electron chi connectivity index (χ2n) is 1.62. The summed E-state index contributed by atoms with van der Waals surface area (Å²) in [7, 11) is 0. The highest BCUT2D eigenvalue weighted by molar-refractivity contribution is 14.1. The normalized spacial score (nSPS) is 25.5. The van der Waals surface area contributed by atoms with Gasteiger partial charge >= 0.3 is 0 Å². The minimum absolute atomic E-state index is 1.31. The maximum absolute atomic E-state index is 2.37. The van der Waals surface area contributed by atoms with Gasteiger partial charge in [0.25, 0.3) is 0 Å². The molecular weight excluding hydrogens is 189 g/mol. The van der Waals surface area contributed by atoms with E-state index in [4.69, 9.17) is 0 Å². The molecule has 6 heavy (non-hydrogen) atoms. The molecule has 0 aromatic rings. The number of nitrogens with zero attached hydrogens (tertiary/aromatic N) is 1. The van der Waals surface area contributed by atoms with E-state index in [9.17, 15) is 0 Å². The predicted octanol–water partition coefficient (Wildman–Crippen LogP) is 1.43. The number of hydrogen-bond acceptors (Lipinski definition) is 1. The van der Waals surface area contributed by atoms with E-state index in [0.717, 1.165) is 0 Å². The molecule has 0 saturated carbocycles. The maximum Gasteiger partial charge on any atom is 0.0201 e. The van der Waals surface area contributed by atoms with Gasteiger partial charge < -0.3 is 0 Å². The summed E-state index contributed by atoms with van der Waals surface area (Å²) in [5.74, 6) is 0. The van der Waals surface area contributed by atoms with Gasteiger partial charge in [-0.2, -0.15) is 0 Å². The van der Waals surface area contributed by atoms with Crippen LogP contribution < -0.4 is 0 Å². The van der Waals surface area contributed by atoms with E-state index in [1.807, 2.05) is 0 Å². The van der Waals surface area contributed by atoms with Crippen molar-refractivity contribution in [3.05, 3.63) is 0 Å². The topological polar surface area (TPSA) is 3.24 Å². The smallest absolute Gasteiger partial charge is 0.0201 e. The van der Waals surface area contributed by atoms with Crippen LogP contribution in [0.2, 0.25) is 0 Å². The van der Waals surface area contributed by atoms with Crippen molar-refractivity contribution >= 4 is 22.9 Å². The van der Waals surface area contributed by atoms with Gasteiger partial charge in [-0.15, -0.1) is 0 Å². The first-order valence-corrected chi connectivity index (χ1v) is 3.27. The summed E-state index contributed by atoms with van der Waals surface area (Å²) in [6, 6.07) is 0. The van der Waals surface area contributed by atoms with E-state index in [1.165, 1.54) is 25.9 Å². The molecule has 0 aliphatic carbocycles. The second-order valence-corrected chi connectivity index (χ2v) is 2.98. The zero-order valence-electron chi connectivity index (χ0n) is 3.65. The molecule has 1 aliphatic rings. The SMILES string of the molecule is IN1CCCC1. The highest BCUT2D eigenvalue weighted by Gasteiger charge is 2.05. The first kappa shape index (κ1) is 4.84. The molecule has 0 radical (unpaired) electrons. The molecule has 1 fully saturated rings. The molecule has 0 atom stereocenters. The average Bonchev–Trinajstić information content (AvgIpc) is 1.86. The van der Waals surface area contributed by atoms with Crippen LogP contribution in [-0.2, 0) is 0 Å². The highest BCUT2D eigenvalue weighted by Crippen LogP contribution is 2.10. The summed E-state index contributed by atoms with van der Waals surface area (Å²) in [6.45, 7) is 2.61. The predicted molar refractivity (Wildman–Crippen MR) is 34.8 cm³/mol. The molecule has 1 rings (SSSR count). The lowest BCUT2D eigenvalue weighted by Gasteiger charge is -1.97. The van der Waals surface area contributed by atoms with Gasteiger partial charge in [0, 0.05) is 36.0 Å². The molecule has 0 unspecified atom stereocenters. The Morgan fingerprint density at radius 3 is 1.83 bits per heavy atom. The Labute approximate surface area is 52.2 Å². The lowest BCUT2D eigenvalue weighted by Crippen LogP contribution is -2.01. The van der Waals surface area contributed by atoms with E-state index in [2.05, 4.69) is 26.0 Å². The Bertz CT molecular complexity index is 40.8. The molecule has 0 aromatic carbocycles. The van der Waals surface area contributed by atoms with Crippen molar-refractivity contribution in [3.8, 4) is 0 Å². The molecule has 0 amide bonds. The third kappa shape index (κ3) is 1.08. The Kier molecular flexibility index (Phi) is 1.71. The third-order valence-corrected chi connectivity index (χ3v) is 2.02. The summed E-state index contributed by atoms with van der Waals surface area (Å²) in [4.78, 5) is 0. The fourth-order valence-electron chi connectivity index (χ4n) is 0.679. The van der Waals surface area contributed by atoms with Gasteiger partial charge in [-0.05, 0) is 12.8 Å². The first-order chi connectivity index (χ1) is 2.89. The third-order valence-electron chi connectivity index (χ3n) is 1.05. The summed E-state index contributed by atoms with van der Waals surface area (Å²) in [6.07, 6.45) is 2.81. The molecule has 0 spiro atoms. The zero-order chi connectivity index (χ0) is 4.41. The minimum atomic E-state index is 1.31. The summed E-state index contributed by atoms with van der Waals surface area (Å²) in [5.41, 5.74) is 0. The van der Waals surface area contributed by atoms with E-state index in [0.29, 0.717) is 0 Å². The Hall–Kier alpha value is 0.690. The van der Waals surface area contributed by atoms with Gasteiger partial charge in [0.2, 0.25) is 0 Å². The van der Waals surface area contributed by atoms with Crippen LogP contribution in [0.5, 0.6) is 0 Å². The molecule has 0 aromatic heterocycles. The number of rotatable bonds is 0. The van der Waals surface area contributed by atoms with Gasteiger partial charge in [-0.1, -0.05) is 0 Å². The van der Waals surface area contributed by atoms with Crippen molar-refractivity contribution < 1.29 is 0 Å². The van der Waals surface area contributed by atoms with Crippen LogP contribution in [0.3, 0.4) is 0 Å². The van der Waals surface area contributed by atoms with Crippen LogP contribution >= 0.6 is 22.9 Å². The molecule has 1 nitrogen and oxygen atoms in total. The van der Waals surface area contributed by atoms with Crippen molar-refractivity contribution in [2.75, 3.05) is 13.1 Å². The highest BCUT2D eigenvalue weighted by atomic mass is 127. The fourth-order valence-corrected chi connectivity index (χ4v) is 1.36. The van der Waals surface area contributed by atoms with E-state index in [1.54, 1.807) is 0 Å². The van der Waals surface area contributed by atoms with Crippen LogP contribution in [0.25, 0.3) is 0 Å². The Balaban J connectivity index is 2.18. The molecule has 1 saturated heterocycles. The molecule has 0 bridgehead atoms. The Morgan fingerprint density at radius 1 is 1.17 bits per heavy atom. The molecular formula is C4H8IN. The van der Waals surface area contributed by atoms with Gasteiger partial charge in [0.05, 0.1) is 0 Å². The fraction of sp³-hybridized carbons (Fsp3) is 1.00. The van der Waals surface area contributed by atoms with E-state index >= 15 is 0 Å². The lowest BCUT2D eigenvalue weighted by atomic mass is 10.4. The maximum atomic E-state index is 2.37. The minimum Gasteiger partial charge on any atom is -0.248 e. The monoisotopic (exact) mass is 197 g/mol.